The Balaban J connectivity index is 2.04. The molecule has 0 spiro atoms. The van der Waals surface area contributed by atoms with Gasteiger partial charge in [0.05, 0.1) is 5.69 Å². The second-order valence-corrected chi connectivity index (χ2v) is 7.30. The molecule has 2 amide bonds. The van der Waals surface area contributed by atoms with Crippen molar-refractivity contribution in [1.29, 1.82) is 0 Å². The Morgan fingerprint density at radius 1 is 1.20 bits per heavy atom. The smallest absolute Gasteiger partial charge is 0.247 e. The van der Waals surface area contributed by atoms with Crippen molar-refractivity contribution in [3.05, 3.63) is 30.1 Å². The number of carbonyl (C=O) groups is 2. The highest BCUT2D eigenvalue weighted by atomic mass is 19.1. The highest BCUT2D eigenvalue weighted by Gasteiger charge is 2.31. The van der Waals surface area contributed by atoms with Crippen LogP contribution in [0.4, 0.5) is 10.1 Å². The van der Waals surface area contributed by atoms with Crippen LogP contribution in [0.1, 0.15) is 52.9 Å². The normalized spacial score (nSPS) is 22.7. The number of halogens is 1. The van der Waals surface area contributed by atoms with Crippen LogP contribution in [-0.4, -0.2) is 17.9 Å². The van der Waals surface area contributed by atoms with E-state index in [1.807, 2.05) is 13.8 Å². The van der Waals surface area contributed by atoms with Crippen LogP contribution in [0.2, 0.25) is 0 Å². The van der Waals surface area contributed by atoms with Gasteiger partial charge in [0, 0.05) is 5.92 Å². The van der Waals surface area contributed by atoms with Crippen LogP contribution in [0.25, 0.3) is 0 Å². The van der Waals surface area contributed by atoms with Crippen molar-refractivity contribution in [1.82, 2.24) is 5.32 Å². The molecule has 138 valence electrons. The quantitative estimate of drug-likeness (QED) is 0.812. The SMILES string of the molecule is CC[C@H](C)[C@H](NC(=O)C1CCC(C)CC1)C(=O)Nc1ccccc1F. The number of para-hydroxylation sites is 1. The monoisotopic (exact) mass is 348 g/mol. The molecule has 0 unspecified atom stereocenters. The molecule has 4 nitrogen and oxygen atoms in total. The molecule has 5 heteroatoms. The van der Waals surface area contributed by atoms with E-state index in [0.29, 0.717) is 5.92 Å². The van der Waals surface area contributed by atoms with Crippen molar-refractivity contribution >= 4 is 17.5 Å². The van der Waals surface area contributed by atoms with Crippen LogP contribution < -0.4 is 10.6 Å². The molecule has 0 bridgehead atoms. The van der Waals surface area contributed by atoms with Gasteiger partial charge >= 0.3 is 0 Å². The molecule has 2 rings (SSSR count). The van der Waals surface area contributed by atoms with Crippen molar-refractivity contribution in [3.63, 3.8) is 0 Å². The summed E-state index contributed by atoms with van der Waals surface area (Å²) >= 11 is 0. The lowest BCUT2D eigenvalue weighted by Crippen LogP contribution is -2.49. The average Bonchev–Trinajstić information content (AvgIpc) is 2.61. The molecule has 0 aliphatic heterocycles. The Labute approximate surface area is 149 Å². The third-order valence-electron chi connectivity index (χ3n) is 5.31. The molecule has 0 aromatic heterocycles. The summed E-state index contributed by atoms with van der Waals surface area (Å²) in [5.41, 5.74) is 0.140. The highest BCUT2D eigenvalue weighted by molar-refractivity contribution is 5.97. The van der Waals surface area contributed by atoms with E-state index in [2.05, 4.69) is 17.6 Å². The summed E-state index contributed by atoms with van der Waals surface area (Å²) in [6.07, 6.45) is 4.59. The zero-order valence-electron chi connectivity index (χ0n) is 15.3. The Morgan fingerprint density at radius 2 is 1.84 bits per heavy atom. The highest BCUT2D eigenvalue weighted by Crippen LogP contribution is 2.28. The summed E-state index contributed by atoms with van der Waals surface area (Å²) in [7, 11) is 0. The second-order valence-electron chi connectivity index (χ2n) is 7.30. The molecule has 0 heterocycles. The largest absolute Gasteiger partial charge is 0.344 e. The fourth-order valence-electron chi connectivity index (χ4n) is 3.27. The molecule has 1 aliphatic rings. The maximum Gasteiger partial charge on any atom is 0.247 e. The molecule has 1 aromatic rings. The molecule has 1 aromatic carbocycles. The van der Waals surface area contributed by atoms with Gasteiger partial charge in [0.1, 0.15) is 11.9 Å². The first-order valence-corrected chi connectivity index (χ1v) is 9.28. The van der Waals surface area contributed by atoms with Gasteiger partial charge in [-0.05, 0) is 49.7 Å². The van der Waals surface area contributed by atoms with Gasteiger partial charge in [-0.3, -0.25) is 9.59 Å². The number of amides is 2. The van der Waals surface area contributed by atoms with E-state index < -0.39 is 11.9 Å². The lowest BCUT2D eigenvalue weighted by molar-refractivity contribution is -0.131. The summed E-state index contributed by atoms with van der Waals surface area (Å²) in [5, 5.41) is 5.53. The van der Waals surface area contributed by atoms with Crippen LogP contribution in [0, 0.1) is 23.6 Å². The number of benzene rings is 1. The lowest BCUT2D eigenvalue weighted by Gasteiger charge is -2.29. The zero-order chi connectivity index (χ0) is 18.4. The molecular formula is C20H29FN2O2. The Hall–Kier alpha value is -1.91. The third kappa shape index (κ3) is 5.28. The van der Waals surface area contributed by atoms with E-state index in [0.717, 1.165) is 32.1 Å². The van der Waals surface area contributed by atoms with Crippen molar-refractivity contribution < 1.29 is 14.0 Å². The predicted molar refractivity (Wildman–Crippen MR) is 97.5 cm³/mol. The van der Waals surface area contributed by atoms with Gasteiger partial charge in [0.25, 0.3) is 0 Å². The van der Waals surface area contributed by atoms with Crippen LogP contribution in [-0.2, 0) is 9.59 Å². The fourth-order valence-corrected chi connectivity index (χ4v) is 3.27. The molecule has 1 saturated carbocycles. The van der Waals surface area contributed by atoms with Gasteiger partial charge in [-0.25, -0.2) is 4.39 Å². The van der Waals surface area contributed by atoms with Gasteiger partial charge in [0.15, 0.2) is 0 Å². The van der Waals surface area contributed by atoms with Crippen molar-refractivity contribution in [2.45, 2.75) is 58.9 Å². The maximum absolute atomic E-state index is 13.8. The fraction of sp³-hybridized carbons (Fsp3) is 0.600. The van der Waals surface area contributed by atoms with E-state index in [1.165, 1.54) is 12.1 Å². The molecule has 0 radical (unpaired) electrons. The van der Waals surface area contributed by atoms with Crippen LogP contribution >= 0.6 is 0 Å². The minimum atomic E-state index is -0.656. The van der Waals surface area contributed by atoms with E-state index in [1.54, 1.807) is 12.1 Å². The van der Waals surface area contributed by atoms with Gasteiger partial charge < -0.3 is 10.6 Å². The molecule has 1 fully saturated rings. The van der Waals surface area contributed by atoms with Crippen LogP contribution in [0.5, 0.6) is 0 Å². The first-order chi connectivity index (χ1) is 11.9. The molecule has 25 heavy (non-hydrogen) atoms. The molecule has 1 aliphatic carbocycles. The summed E-state index contributed by atoms with van der Waals surface area (Å²) in [6, 6.07) is 5.40. The Bertz CT molecular complexity index is 597. The second kappa shape index (κ2) is 8.97. The minimum absolute atomic E-state index is 0.0241. The number of rotatable bonds is 6. The van der Waals surface area contributed by atoms with E-state index in [-0.39, 0.29) is 29.3 Å². The van der Waals surface area contributed by atoms with Gasteiger partial charge in [-0.2, -0.15) is 0 Å². The van der Waals surface area contributed by atoms with Gasteiger partial charge in [0.2, 0.25) is 11.8 Å². The van der Waals surface area contributed by atoms with Crippen molar-refractivity contribution in [3.8, 4) is 0 Å². The van der Waals surface area contributed by atoms with Crippen LogP contribution in [0.3, 0.4) is 0 Å². The van der Waals surface area contributed by atoms with Crippen LogP contribution in [0.15, 0.2) is 24.3 Å². The Kier molecular flexibility index (Phi) is 6.97. The predicted octanol–water partition coefficient (Wildman–Crippen LogP) is 4.12. The third-order valence-corrected chi connectivity index (χ3v) is 5.31. The first kappa shape index (κ1) is 19.4. The van der Waals surface area contributed by atoms with E-state index in [9.17, 15) is 14.0 Å². The topological polar surface area (TPSA) is 58.2 Å². The Morgan fingerprint density at radius 3 is 2.44 bits per heavy atom. The zero-order valence-corrected chi connectivity index (χ0v) is 15.3. The number of nitrogens with one attached hydrogen (secondary N) is 2. The summed E-state index contributed by atoms with van der Waals surface area (Å²) in [5.74, 6) is -0.287. The van der Waals surface area contributed by atoms with Gasteiger partial charge in [-0.15, -0.1) is 0 Å². The molecule has 2 atom stereocenters. The standard InChI is InChI=1S/C20H29FN2O2/c1-4-14(3)18(20(25)22-17-8-6-5-7-16(17)21)23-19(24)15-11-9-13(2)10-12-15/h5-8,13-15,18H,4,9-12H2,1-3H3,(H,22,25)(H,23,24)/t13?,14-,15?,18-/m0/s1. The number of carbonyl (C=O) groups excluding carboxylic acids is 2. The van der Waals surface area contributed by atoms with Gasteiger partial charge in [-0.1, -0.05) is 39.3 Å². The molecule has 2 N–H and O–H groups in total. The number of hydrogen-bond donors (Lipinski definition) is 2. The molecular weight excluding hydrogens is 319 g/mol. The molecule has 0 saturated heterocycles. The minimum Gasteiger partial charge on any atom is -0.344 e. The number of anilines is 1. The summed E-state index contributed by atoms with van der Waals surface area (Å²) < 4.78 is 13.8. The number of hydrogen-bond acceptors (Lipinski definition) is 2. The first-order valence-electron chi connectivity index (χ1n) is 9.28. The van der Waals surface area contributed by atoms with Crippen molar-refractivity contribution in [2.75, 3.05) is 5.32 Å². The average molecular weight is 348 g/mol. The van der Waals surface area contributed by atoms with E-state index >= 15 is 0 Å². The summed E-state index contributed by atoms with van der Waals surface area (Å²) in [6.45, 7) is 6.11. The maximum atomic E-state index is 13.8. The van der Waals surface area contributed by atoms with Crippen molar-refractivity contribution in [2.24, 2.45) is 17.8 Å². The lowest BCUT2D eigenvalue weighted by atomic mass is 9.82. The van der Waals surface area contributed by atoms with E-state index in [4.69, 9.17) is 0 Å². The summed E-state index contributed by atoms with van der Waals surface area (Å²) in [4.78, 5) is 25.2.